The first kappa shape index (κ1) is 31.7. The van der Waals surface area contributed by atoms with Crippen molar-refractivity contribution in [2.75, 3.05) is 46.0 Å². The fraction of sp³-hybridized carbons (Fsp3) is 0.294. The number of rotatable bonds is 13. The van der Waals surface area contributed by atoms with Crippen molar-refractivity contribution >= 4 is 22.5 Å². The SMILES string of the molecule is COCCOc1cc2ncnc(Oc3ccc(NC(=O)c4c5n(n(-c6ccccc6)c4=O)CCCC5)c(F)c3)c2cc1OCCOC. The Morgan fingerprint density at radius 1 is 0.915 bits per heavy atom. The smallest absolute Gasteiger partial charge is 0.284 e. The number of carbonyl (C=O) groups excluding carboxylic acids is 1. The molecule has 0 fully saturated rings. The van der Waals surface area contributed by atoms with E-state index in [1.54, 1.807) is 26.4 Å². The van der Waals surface area contributed by atoms with Crippen LogP contribution >= 0.6 is 0 Å². The molecule has 0 saturated carbocycles. The molecule has 1 aliphatic rings. The molecule has 0 spiro atoms. The summed E-state index contributed by atoms with van der Waals surface area (Å²) in [5, 5.41) is 3.10. The summed E-state index contributed by atoms with van der Waals surface area (Å²) in [6.07, 6.45) is 3.63. The Kier molecular flexibility index (Phi) is 9.74. The topological polar surface area (TPSA) is 128 Å². The Labute approximate surface area is 269 Å². The van der Waals surface area contributed by atoms with Gasteiger partial charge in [0, 0.05) is 32.9 Å². The zero-order valence-corrected chi connectivity index (χ0v) is 26.0. The first-order chi connectivity index (χ1) is 23.0. The predicted octanol–water partition coefficient (Wildman–Crippen LogP) is 5.15. The summed E-state index contributed by atoms with van der Waals surface area (Å²) in [4.78, 5) is 35.6. The minimum Gasteiger partial charge on any atom is -0.487 e. The van der Waals surface area contributed by atoms with Crippen LogP contribution in [0.3, 0.4) is 0 Å². The molecule has 1 amide bonds. The predicted molar refractivity (Wildman–Crippen MR) is 172 cm³/mol. The molecule has 0 atom stereocenters. The lowest BCUT2D eigenvalue weighted by Crippen LogP contribution is -2.26. The molecule has 1 aliphatic heterocycles. The van der Waals surface area contributed by atoms with E-state index in [0.717, 1.165) is 18.9 Å². The number of para-hydroxylation sites is 1. The monoisotopic (exact) mass is 643 g/mol. The van der Waals surface area contributed by atoms with Crippen LogP contribution in [0.5, 0.6) is 23.1 Å². The van der Waals surface area contributed by atoms with Crippen molar-refractivity contribution in [3.05, 3.63) is 94.4 Å². The quantitative estimate of drug-likeness (QED) is 0.173. The van der Waals surface area contributed by atoms with Crippen molar-refractivity contribution in [3.63, 3.8) is 0 Å². The second kappa shape index (κ2) is 14.4. The van der Waals surface area contributed by atoms with Crippen molar-refractivity contribution in [2.45, 2.75) is 25.8 Å². The normalized spacial score (nSPS) is 12.5. The number of amides is 1. The van der Waals surface area contributed by atoms with Gasteiger partial charge in [-0.25, -0.2) is 19.0 Å². The molecule has 6 rings (SSSR count). The molecule has 5 aromatic rings. The van der Waals surface area contributed by atoms with E-state index in [0.29, 0.717) is 66.6 Å². The van der Waals surface area contributed by atoms with Crippen molar-refractivity contribution in [3.8, 4) is 28.8 Å². The Balaban J connectivity index is 1.25. The van der Waals surface area contributed by atoms with Crippen LogP contribution in [0, 0.1) is 5.82 Å². The van der Waals surface area contributed by atoms with Gasteiger partial charge in [0.25, 0.3) is 11.5 Å². The number of methoxy groups -OCH3 is 2. The highest BCUT2D eigenvalue weighted by atomic mass is 19.1. The van der Waals surface area contributed by atoms with E-state index in [2.05, 4.69) is 15.3 Å². The maximum atomic E-state index is 15.4. The summed E-state index contributed by atoms with van der Waals surface area (Å²) in [6, 6.07) is 16.6. The number of nitrogens with zero attached hydrogens (tertiary/aromatic N) is 4. The third-order valence-corrected chi connectivity index (χ3v) is 7.67. The standard InChI is InChI=1S/C34H34FN5O7/c1-43-14-16-45-29-19-24-27(20-30(29)46-17-15-44-2)36-21-37-33(24)47-23-11-12-26(25(35)18-23)38-32(41)31-28-10-6-7-13-39(28)40(34(31)42)22-8-4-3-5-9-22/h3-5,8-9,11-12,18-21H,6-7,10,13-17H2,1-2H3,(H,38,41). The Bertz CT molecular complexity index is 1940. The molecule has 0 saturated heterocycles. The molecule has 12 nitrogen and oxygen atoms in total. The van der Waals surface area contributed by atoms with Crippen molar-refractivity contribution < 1.29 is 32.9 Å². The van der Waals surface area contributed by atoms with Crippen LogP contribution in [0.25, 0.3) is 16.6 Å². The lowest BCUT2D eigenvalue weighted by Gasteiger charge is -2.19. The summed E-state index contributed by atoms with van der Waals surface area (Å²) in [5.41, 5.74) is 1.28. The lowest BCUT2D eigenvalue weighted by atomic mass is 10.1. The summed E-state index contributed by atoms with van der Waals surface area (Å²) in [6.45, 7) is 1.93. The molecule has 3 heterocycles. The zero-order valence-electron chi connectivity index (χ0n) is 26.0. The highest BCUT2D eigenvalue weighted by molar-refractivity contribution is 6.05. The third kappa shape index (κ3) is 6.81. The number of nitrogens with one attached hydrogen (secondary N) is 1. The highest BCUT2D eigenvalue weighted by Gasteiger charge is 2.28. The van der Waals surface area contributed by atoms with Gasteiger partial charge >= 0.3 is 0 Å². The second-order valence-corrected chi connectivity index (χ2v) is 10.7. The van der Waals surface area contributed by atoms with E-state index in [9.17, 15) is 9.59 Å². The van der Waals surface area contributed by atoms with Crippen molar-refractivity contribution in [2.24, 2.45) is 0 Å². The molecule has 47 heavy (non-hydrogen) atoms. The molecular formula is C34H34FN5O7. The molecule has 13 heteroatoms. The van der Waals surface area contributed by atoms with Crippen LogP contribution in [0.15, 0.2) is 71.8 Å². The maximum absolute atomic E-state index is 15.4. The van der Waals surface area contributed by atoms with Crippen LogP contribution in [-0.4, -0.2) is 65.9 Å². The number of halogens is 1. The number of ether oxygens (including phenoxy) is 5. The van der Waals surface area contributed by atoms with Gasteiger partial charge in [0.1, 0.15) is 36.7 Å². The van der Waals surface area contributed by atoms with E-state index < -0.39 is 17.3 Å². The summed E-state index contributed by atoms with van der Waals surface area (Å²) in [5.74, 6) is -0.240. The van der Waals surface area contributed by atoms with Crippen molar-refractivity contribution in [1.29, 1.82) is 0 Å². The first-order valence-electron chi connectivity index (χ1n) is 15.2. The lowest BCUT2D eigenvalue weighted by molar-refractivity contribution is 0.102. The molecule has 0 radical (unpaired) electrons. The largest absolute Gasteiger partial charge is 0.487 e. The minimum atomic E-state index is -0.747. The summed E-state index contributed by atoms with van der Waals surface area (Å²) in [7, 11) is 3.16. The first-order valence-corrected chi connectivity index (χ1v) is 15.2. The van der Waals surface area contributed by atoms with Gasteiger partial charge in [-0.3, -0.25) is 14.3 Å². The number of aromatic nitrogens is 4. The molecule has 0 bridgehead atoms. The number of anilines is 1. The number of benzene rings is 3. The number of carbonyl (C=O) groups is 1. The molecule has 0 unspecified atom stereocenters. The van der Waals surface area contributed by atoms with Gasteiger partial charge in [-0.05, 0) is 49.6 Å². The highest BCUT2D eigenvalue weighted by Crippen LogP contribution is 2.37. The van der Waals surface area contributed by atoms with E-state index in [-0.39, 0.29) is 29.5 Å². The van der Waals surface area contributed by atoms with Gasteiger partial charge in [-0.15, -0.1) is 0 Å². The van der Waals surface area contributed by atoms with E-state index in [1.165, 1.54) is 23.1 Å². The van der Waals surface area contributed by atoms with Crippen LogP contribution in [0.4, 0.5) is 10.1 Å². The Morgan fingerprint density at radius 3 is 2.38 bits per heavy atom. The van der Waals surface area contributed by atoms with Gasteiger partial charge < -0.3 is 29.0 Å². The molecule has 3 aromatic carbocycles. The van der Waals surface area contributed by atoms with Gasteiger partial charge in [-0.2, -0.15) is 0 Å². The molecular weight excluding hydrogens is 609 g/mol. The summed E-state index contributed by atoms with van der Waals surface area (Å²) >= 11 is 0. The zero-order chi connectivity index (χ0) is 32.8. The average molecular weight is 644 g/mol. The Hall–Kier alpha value is -5.27. The van der Waals surface area contributed by atoms with Gasteiger partial charge in [0.2, 0.25) is 5.88 Å². The van der Waals surface area contributed by atoms with Crippen molar-refractivity contribution in [1.82, 2.24) is 19.3 Å². The fourth-order valence-electron chi connectivity index (χ4n) is 5.46. The number of hydrogen-bond donors (Lipinski definition) is 1. The van der Waals surface area contributed by atoms with Crippen LogP contribution in [0.2, 0.25) is 0 Å². The maximum Gasteiger partial charge on any atom is 0.284 e. The number of hydrogen-bond acceptors (Lipinski definition) is 9. The van der Waals surface area contributed by atoms with E-state index in [1.807, 2.05) is 35.0 Å². The van der Waals surface area contributed by atoms with E-state index in [4.69, 9.17) is 23.7 Å². The fourth-order valence-corrected chi connectivity index (χ4v) is 5.46. The van der Waals surface area contributed by atoms with Gasteiger partial charge in [0.05, 0.1) is 41.2 Å². The Morgan fingerprint density at radius 2 is 1.66 bits per heavy atom. The van der Waals surface area contributed by atoms with Gasteiger partial charge in [-0.1, -0.05) is 18.2 Å². The van der Waals surface area contributed by atoms with Gasteiger partial charge in [0.15, 0.2) is 11.5 Å². The second-order valence-electron chi connectivity index (χ2n) is 10.7. The molecule has 0 aliphatic carbocycles. The average Bonchev–Trinajstić information content (AvgIpc) is 3.38. The van der Waals surface area contributed by atoms with Crippen LogP contribution in [0.1, 0.15) is 28.9 Å². The number of fused-ring (bicyclic) bond motifs is 2. The third-order valence-electron chi connectivity index (χ3n) is 7.67. The van der Waals surface area contributed by atoms with Crippen LogP contribution < -0.4 is 25.1 Å². The molecule has 1 N–H and O–H groups in total. The van der Waals surface area contributed by atoms with E-state index >= 15 is 4.39 Å². The summed E-state index contributed by atoms with van der Waals surface area (Å²) < 4.78 is 46.6. The molecule has 244 valence electrons. The van der Waals surface area contributed by atoms with Crippen LogP contribution in [-0.2, 0) is 22.4 Å². The minimum absolute atomic E-state index is 0.00910. The molecule has 2 aromatic heterocycles.